The number of hydrogen-bond acceptors (Lipinski definition) is 3. The molecule has 1 radical (unpaired) electrons. The Hall–Kier alpha value is 0.620. The Morgan fingerprint density at radius 3 is 0.500 bits per heavy atom. The molecule has 0 aromatic rings. The van der Waals surface area contributed by atoms with Gasteiger partial charge in [-0.3, -0.25) is 0 Å². The first-order valence-corrected chi connectivity index (χ1v) is 0. The molecule has 0 atom stereocenters. The molecule has 0 aliphatic carbocycles. The maximum absolute atomic E-state index is 0. The standard InChI is InChI=1S/Ag.3H3N/h;3*1H3. The molecular formula is H9AgN3. The van der Waals surface area contributed by atoms with Crippen LogP contribution in [0, 0.1) is 0 Å². The van der Waals surface area contributed by atoms with Crippen molar-refractivity contribution in [2.75, 3.05) is 0 Å². The van der Waals surface area contributed by atoms with Gasteiger partial charge in [0.25, 0.3) is 0 Å². The Morgan fingerprint density at radius 2 is 0.500 bits per heavy atom. The van der Waals surface area contributed by atoms with E-state index in [1.54, 1.807) is 0 Å². The third-order valence-corrected chi connectivity index (χ3v) is 0. The van der Waals surface area contributed by atoms with Gasteiger partial charge in [0, 0.05) is 22.4 Å². The van der Waals surface area contributed by atoms with Crippen molar-refractivity contribution in [3.63, 3.8) is 0 Å². The summed E-state index contributed by atoms with van der Waals surface area (Å²) in [6.07, 6.45) is 0. The summed E-state index contributed by atoms with van der Waals surface area (Å²) in [4.78, 5) is 0. The minimum Gasteiger partial charge on any atom is -0.344 e. The van der Waals surface area contributed by atoms with Crippen molar-refractivity contribution in [3.05, 3.63) is 0 Å². The molecule has 0 saturated heterocycles. The van der Waals surface area contributed by atoms with Crippen LogP contribution in [0.4, 0.5) is 0 Å². The Balaban J connectivity index is 0. The van der Waals surface area contributed by atoms with Crippen molar-refractivity contribution in [2.45, 2.75) is 0 Å². The van der Waals surface area contributed by atoms with Crippen LogP contribution in [0.1, 0.15) is 0 Å². The average molecular weight is 159 g/mol. The molecule has 0 bridgehead atoms. The van der Waals surface area contributed by atoms with Gasteiger partial charge in [-0.2, -0.15) is 0 Å². The molecule has 9 N–H and O–H groups in total. The van der Waals surface area contributed by atoms with Gasteiger partial charge in [0.05, 0.1) is 0 Å². The van der Waals surface area contributed by atoms with Crippen molar-refractivity contribution < 1.29 is 22.4 Å². The van der Waals surface area contributed by atoms with E-state index < -0.39 is 0 Å². The summed E-state index contributed by atoms with van der Waals surface area (Å²) in [6.45, 7) is 0. The summed E-state index contributed by atoms with van der Waals surface area (Å²) in [5.41, 5.74) is 0. The van der Waals surface area contributed by atoms with Gasteiger partial charge in [-0.05, 0) is 0 Å². The monoisotopic (exact) mass is 158 g/mol. The summed E-state index contributed by atoms with van der Waals surface area (Å²) in [7, 11) is 0. The topological polar surface area (TPSA) is 105 Å². The smallest absolute Gasteiger partial charge is 0 e. The van der Waals surface area contributed by atoms with Crippen LogP contribution in [0.2, 0.25) is 0 Å². The third-order valence-electron chi connectivity index (χ3n) is 0. The fraction of sp³-hybridized carbons (Fsp3) is 0. The van der Waals surface area contributed by atoms with Crippen molar-refractivity contribution in [2.24, 2.45) is 0 Å². The van der Waals surface area contributed by atoms with E-state index in [1.165, 1.54) is 0 Å². The molecule has 0 unspecified atom stereocenters. The molecule has 3 nitrogen and oxygen atoms in total. The van der Waals surface area contributed by atoms with Gasteiger partial charge in [-0.25, -0.2) is 0 Å². The quantitative estimate of drug-likeness (QED) is 0.447. The van der Waals surface area contributed by atoms with Gasteiger partial charge in [0.15, 0.2) is 0 Å². The zero-order chi connectivity index (χ0) is 0. The van der Waals surface area contributed by atoms with Gasteiger partial charge < -0.3 is 18.5 Å². The third kappa shape index (κ3) is 17.9. The molecule has 0 rings (SSSR count). The van der Waals surface area contributed by atoms with Crippen molar-refractivity contribution in [3.8, 4) is 0 Å². The van der Waals surface area contributed by atoms with Crippen LogP contribution in [-0.4, -0.2) is 0 Å². The summed E-state index contributed by atoms with van der Waals surface area (Å²) >= 11 is 0. The van der Waals surface area contributed by atoms with Crippen LogP contribution in [0.25, 0.3) is 0 Å². The molecule has 0 amide bonds. The molecule has 0 aromatic carbocycles. The second kappa shape index (κ2) is 64.6. The van der Waals surface area contributed by atoms with Crippen molar-refractivity contribution in [1.29, 1.82) is 0 Å². The van der Waals surface area contributed by atoms with E-state index in [-0.39, 0.29) is 40.8 Å². The largest absolute Gasteiger partial charge is 0.344 e. The van der Waals surface area contributed by atoms with Crippen molar-refractivity contribution >= 4 is 0 Å². The maximum atomic E-state index is 0. The van der Waals surface area contributed by atoms with E-state index in [1.807, 2.05) is 0 Å². The molecule has 0 heterocycles. The SMILES string of the molecule is N.N.N.[Ag]. The average Bonchev–Trinajstić information content (AvgIpc) is 0. The van der Waals surface area contributed by atoms with E-state index in [0.717, 1.165) is 0 Å². The van der Waals surface area contributed by atoms with E-state index in [2.05, 4.69) is 0 Å². The zero-order valence-electron chi connectivity index (χ0n) is 2.42. The van der Waals surface area contributed by atoms with Crippen LogP contribution in [0.3, 0.4) is 0 Å². The predicted octanol–water partition coefficient (Wildman–Crippen LogP) is 0.483. The summed E-state index contributed by atoms with van der Waals surface area (Å²) in [5, 5.41) is 0. The predicted molar refractivity (Wildman–Crippen MR) is 15.1 cm³/mol. The summed E-state index contributed by atoms with van der Waals surface area (Å²) < 4.78 is 0. The van der Waals surface area contributed by atoms with Crippen molar-refractivity contribution in [1.82, 2.24) is 18.5 Å². The fourth-order valence-corrected chi connectivity index (χ4v) is 0. The van der Waals surface area contributed by atoms with Crippen LogP contribution in [0.15, 0.2) is 0 Å². The first kappa shape index (κ1) is 157. The van der Waals surface area contributed by atoms with Gasteiger partial charge >= 0.3 is 0 Å². The minimum atomic E-state index is 0. The van der Waals surface area contributed by atoms with Gasteiger partial charge in [0.1, 0.15) is 0 Å². The second-order valence-corrected chi connectivity index (χ2v) is 0. The molecular weight excluding hydrogens is 150 g/mol. The van der Waals surface area contributed by atoms with Gasteiger partial charge in [-0.15, -0.1) is 0 Å². The first-order valence-electron chi connectivity index (χ1n) is 0. The molecule has 4 heavy (non-hydrogen) atoms. The Kier molecular flexibility index (Phi) is 2540. The van der Waals surface area contributed by atoms with Gasteiger partial charge in [-0.1, -0.05) is 0 Å². The maximum Gasteiger partial charge on any atom is 0 e. The summed E-state index contributed by atoms with van der Waals surface area (Å²) in [6, 6.07) is 0. The Labute approximate surface area is 41.4 Å². The Bertz CT molecular complexity index is 3.25. The van der Waals surface area contributed by atoms with Gasteiger partial charge in [0.2, 0.25) is 0 Å². The van der Waals surface area contributed by atoms with E-state index in [0.29, 0.717) is 0 Å². The Morgan fingerprint density at radius 1 is 0.500 bits per heavy atom. The molecule has 0 spiro atoms. The normalized spacial score (nSPS) is 0. The number of hydrogen-bond donors (Lipinski definition) is 3. The molecule has 0 aliphatic heterocycles. The van der Waals surface area contributed by atoms with E-state index in [9.17, 15) is 0 Å². The number of rotatable bonds is 0. The molecule has 35 valence electrons. The van der Waals surface area contributed by atoms with E-state index >= 15 is 0 Å². The zero-order valence-corrected chi connectivity index (χ0v) is 3.91. The summed E-state index contributed by atoms with van der Waals surface area (Å²) in [5.74, 6) is 0. The van der Waals surface area contributed by atoms with Crippen LogP contribution >= 0.6 is 0 Å². The first-order chi connectivity index (χ1) is 0. The molecule has 4 heteroatoms. The van der Waals surface area contributed by atoms with Crippen LogP contribution in [-0.2, 0) is 22.4 Å². The molecule has 0 aromatic heterocycles. The second-order valence-electron chi connectivity index (χ2n) is 0. The molecule has 0 fully saturated rings. The molecule has 0 aliphatic rings. The molecule has 0 saturated carbocycles. The minimum absolute atomic E-state index is 0. The van der Waals surface area contributed by atoms with Crippen LogP contribution in [0.5, 0.6) is 0 Å². The fourth-order valence-electron chi connectivity index (χ4n) is 0. The van der Waals surface area contributed by atoms with Crippen LogP contribution < -0.4 is 18.5 Å². The van der Waals surface area contributed by atoms with E-state index in [4.69, 9.17) is 0 Å².